The highest BCUT2D eigenvalue weighted by Crippen LogP contribution is 2.33. The predicted molar refractivity (Wildman–Crippen MR) is 87.2 cm³/mol. The third-order valence-corrected chi connectivity index (χ3v) is 5.01. The van der Waals surface area contributed by atoms with Gasteiger partial charge in [0.05, 0.1) is 17.5 Å². The van der Waals surface area contributed by atoms with Gasteiger partial charge >= 0.3 is 0 Å². The standard InChI is InChI=1S/C17H26N4O2/c22-15(21-10-4-5-11-21)8-9-18-17(23)14-12-19-20-16(14)13-6-2-1-3-7-13/h12-13H,1-11H2,(H,18,23)(H,19,20). The summed E-state index contributed by atoms with van der Waals surface area (Å²) in [6, 6.07) is 0. The second-order valence-electron chi connectivity index (χ2n) is 6.63. The molecule has 1 aromatic heterocycles. The van der Waals surface area contributed by atoms with Gasteiger partial charge in [0.25, 0.3) is 5.91 Å². The summed E-state index contributed by atoms with van der Waals surface area (Å²) in [6.45, 7) is 2.12. The van der Waals surface area contributed by atoms with Crippen LogP contribution >= 0.6 is 0 Å². The summed E-state index contributed by atoms with van der Waals surface area (Å²) in [6.07, 6.45) is 10.1. The number of aromatic amines is 1. The first-order valence-corrected chi connectivity index (χ1v) is 8.85. The number of hydrogen-bond acceptors (Lipinski definition) is 3. The third-order valence-electron chi connectivity index (χ3n) is 5.01. The Kier molecular flexibility index (Phi) is 5.31. The van der Waals surface area contributed by atoms with E-state index in [2.05, 4.69) is 15.5 Å². The molecular weight excluding hydrogens is 292 g/mol. The minimum absolute atomic E-state index is 0.117. The highest BCUT2D eigenvalue weighted by molar-refractivity contribution is 5.95. The van der Waals surface area contributed by atoms with Crippen LogP contribution in [0.3, 0.4) is 0 Å². The molecule has 6 heteroatoms. The van der Waals surface area contributed by atoms with Crippen LogP contribution in [0.4, 0.5) is 0 Å². The Morgan fingerprint density at radius 3 is 2.65 bits per heavy atom. The monoisotopic (exact) mass is 318 g/mol. The SMILES string of the molecule is O=C(NCCC(=O)N1CCCC1)c1cn[nH]c1C1CCCCC1. The molecule has 3 rings (SSSR count). The molecule has 1 aromatic rings. The summed E-state index contributed by atoms with van der Waals surface area (Å²) >= 11 is 0. The van der Waals surface area contributed by atoms with E-state index in [4.69, 9.17) is 0 Å². The van der Waals surface area contributed by atoms with Crippen LogP contribution in [0.25, 0.3) is 0 Å². The van der Waals surface area contributed by atoms with E-state index >= 15 is 0 Å². The third kappa shape index (κ3) is 3.92. The smallest absolute Gasteiger partial charge is 0.254 e. The average Bonchev–Trinajstić information content (AvgIpc) is 3.27. The van der Waals surface area contributed by atoms with Gasteiger partial charge in [0.15, 0.2) is 0 Å². The van der Waals surface area contributed by atoms with Gasteiger partial charge in [-0.1, -0.05) is 19.3 Å². The average molecular weight is 318 g/mol. The van der Waals surface area contributed by atoms with E-state index in [0.717, 1.165) is 44.5 Å². The van der Waals surface area contributed by atoms with Crippen LogP contribution in [0.1, 0.15) is 73.3 Å². The molecular formula is C17H26N4O2. The minimum atomic E-state index is -0.117. The van der Waals surface area contributed by atoms with Gasteiger partial charge in [0.2, 0.25) is 5.91 Å². The first-order chi connectivity index (χ1) is 11.3. The normalized spacial score (nSPS) is 19.0. The fourth-order valence-electron chi connectivity index (χ4n) is 3.68. The first-order valence-electron chi connectivity index (χ1n) is 8.85. The maximum absolute atomic E-state index is 12.4. The fourth-order valence-corrected chi connectivity index (χ4v) is 3.68. The Labute approximate surface area is 137 Å². The molecule has 1 saturated carbocycles. The highest BCUT2D eigenvalue weighted by Gasteiger charge is 2.23. The van der Waals surface area contributed by atoms with E-state index in [1.165, 1.54) is 19.3 Å². The summed E-state index contributed by atoms with van der Waals surface area (Å²) in [5, 5.41) is 9.95. The molecule has 2 heterocycles. The number of hydrogen-bond donors (Lipinski definition) is 2. The molecule has 6 nitrogen and oxygen atoms in total. The number of rotatable bonds is 5. The van der Waals surface area contributed by atoms with E-state index in [1.54, 1.807) is 6.20 Å². The van der Waals surface area contributed by atoms with Gasteiger partial charge in [0.1, 0.15) is 0 Å². The maximum Gasteiger partial charge on any atom is 0.254 e. The molecule has 0 aromatic carbocycles. The van der Waals surface area contributed by atoms with Crippen molar-refractivity contribution in [3.05, 3.63) is 17.5 Å². The van der Waals surface area contributed by atoms with Crippen molar-refractivity contribution in [2.45, 2.75) is 57.3 Å². The van der Waals surface area contributed by atoms with Crippen LogP contribution in [0.15, 0.2) is 6.20 Å². The van der Waals surface area contributed by atoms with Gasteiger partial charge in [0, 0.05) is 32.0 Å². The van der Waals surface area contributed by atoms with Gasteiger partial charge in [-0.2, -0.15) is 5.10 Å². The van der Waals surface area contributed by atoms with E-state index in [0.29, 0.717) is 24.4 Å². The predicted octanol–water partition coefficient (Wildman–Crippen LogP) is 2.20. The van der Waals surface area contributed by atoms with Crippen molar-refractivity contribution < 1.29 is 9.59 Å². The number of amides is 2. The van der Waals surface area contributed by atoms with Gasteiger partial charge < -0.3 is 10.2 Å². The fraction of sp³-hybridized carbons (Fsp3) is 0.706. The molecule has 0 unspecified atom stereocenters. The molecule has 2 amide bonds. The van der Waals surface area contributed by atoms with Gasteiger partial charge in [-0.05, 0) is 25.7 Å². The molecule has 0 spiro atoms. The minimum Gasteiger partial charge on any atom is -0.351 e. The molecule has 23 heavy (non-hydrogen) atoms. The number of carbonyl (C=O) groups is 2. The zero-order valence-corrected chi connectivity index (χ0v) is 13.6. The zero-order valence-electron chi connectivity index (χ0n) is 13.6. The number of nitrogens with zero attached hydrogens (tertiary/aromatic N) is 2. The molecule has 0 bridgehead atoms. The Balaban J connectivity index is 1.50. The van der Waals surface area contributed by atoms with Gasteiger partial charge in [-0.3, -0.25) is 14.7 Å². The quantitative estimate of drug-likeness (QED) is 0.873. The lowest BCUT2D eigenvalue weighted by atomic mass is 9.85. The number of likely N-dealkylation sites (tertiary alicyclic amines) is 1. The molecule has 1 aliphatic heterocycles. The first kappa shape index (κ1) is 16.0. The maximum atomic E-state index is 12.4. The van der Waals surface area contributed by atoms with Crippen molar-refractivity contribution in [2.75, 3.05) is 19.6 Å². The highest BCUT2D eigenvalue weighted by atomic mass is 16.2. The van der Waals surface area contributed by atoms with Crippen LogP contribution < -0.4 is 5.32 Å². The van der Waals surface area contributed by atoms with Crippen molar-refractivity contribution in [3.8, 4) is 0 Å². The molecule has 1 saturated heterocycles. The Hall–Kier alpha value is -1.85. The number of nitrogens with one attached hydrogen (secondary N) is 2. The van der Waals surface area contributed by atoms with Crippen LogP contribution in [0, 0.1) is 0 Å². The summed E-state index contributed by atoms with van der Waals surface area (Å²) < 4.78 is 0. The molecule has 1 aliphatic carbocycles. The van der Waals surface area contributed by atoms with E-state index < -0.39 is 0 Å². The van der Waals surface area contributed by atoms with Gasteiger partial charge in [-0.25, -0.2) is 0 Å². The lowest BCUT2D eigenvalue weighted by Gasteiger charge is -2.21. The molecule has 2 fully saturated rings. The van der Waals surface area contributed by atoms with Crippen LogP contribution in [-0.2, 0) is 4.79 Å². The van der Waals surface area contributed by atoms with E-state index in [-0.39, 0.29) is 11.8 Å². The van der Waals surface area contributed by atoms with Crippen molar-refractivity contribution >= 4 is 11.8 Å². The van der Waals surface area contributed by atoms with E-state index in [9.17, 15) is 9.59 Å². The number of carbonyl (C=O) groups excluding carboxylic acids is 2. The van der Waals surface area contributed by atoms with Crippen LogP contribution in [-0.4, -0.2) is 46.5 Å². The lowest BCUT2D eigenvalue weighted by molar-refractivity contribution is -0.129. The lowest BCUT2D eigenvalue weighted by Crippen LogP contribution is -2.33. The second kappa shape index (κ2) is 7.62. The van der Waals surface area contributed by atoms with Crippen molar-refractivity contribution in [2.24, 2.45) is 0 Å². The summed E-state index contributed by atoms with van der Waals surface area (Å²) in [7, 11) is 0. The van der Waals surface area contributed by atoms with Crippen molar-refractivity contribution in [3.63, 3.8) is 0 Å². The van der Waals surface area contributed by atoms with Gasteiger partial charge in [-0.15, -0.1) is 0 Å². The number of H-pyrrole nitrogens is 1. The Morgan fingerprint density at radius 2 is 1.91 bits per heavy atom. The van der Waals surface area contributed by atoms with Crippen molar-refractivity contribution in [1.82, 2.24) is 20.4 Å². The molecule has 2 N–H and O–H groups in total. The summed E-state index contributed by atoms with van der Waals surface area (Å²) in [4.78, 5) is 26.2. The zero-order chi connectivity index (χ0) is 16.1. The number of aromatic nitrogens is 2. The van der Waals surface area contributed by atoms with Crippen molar-refractivity contribution in [1.29, 1.82) is 0 Å². The summed E-state index contributed by atoms with van der Waals surface area (Å²) in [5.41, 5.74) is 1.61. The van der Waals surface area contributed by atoms with E-state index in [1.807, 2.05) is 4.90 Å². The topological polar surface area (TPSA) is 78.1 Å². The summed E-state index contributed by atoms with van der Waals surface area (Å²) in [5.74, 6) is 0.439. The molecule has 126 valence electrons. The molecule has 0 radical (unpaired) electrons. The Morgan fingerprint density at radius 1 is 1.17 bits per heavy atom. The van der Waals surface area contributed by atoms with Crippen LogP contribution in [0.2, 0.25) is 0 Å². The van der Waals surface area contributed by atoms with Crippen LogP contribution in [0.5, 0.6) is 0 Å². The second-order valence-corrected chi connectivity index (χ2v) is 6.63. The Bertz CT molecular complexity index is 543. The molecule has 2 aliphatic rings. The molecule has 0 atom stereocenters. The largest absolute Gasteiger partial charge is 0.351 e.